The number of ether oxygens (including phenoxy) is 2. The van der Waals surface area contributed by atoms with Gasteiger partial charge < -0.3 is 19.7 Å². The summed E-state index contributed by atoms with van der Waals surface area (Å²) >= 11 is 0. The van der Waals surface area contributed by atoms with Crippen molar-refractivity contribution in [2.24, 2.45) is 0 Å². The van der Waals surface area contributed by atoms with Crippen LogP contribution < -0.4 is 4.74 Å². The molecule has 2 N–H and O–H groups in total. The molecule has 0 atom stereocenters. The molecule has 0 heterocycles. The minimum atomic E-state index is -0.458. The lowest BCUT2D eigenvalue weighted by atomic mass is 10.1. The van der Waals surface area contributed by atoms with Gasteiger partial charge in [0.15, 0.2) is 11.5 Å². The molecule has 0 unspecified atom stereocenters. The summed E-state index contributed by atoms with van der Waals surface area (Å²) in [6, 6.07) is 10.1. The molecule has 26 heavy (non-hydrogen) atoms. The lowest BCUT2D eigenvalue weighted by molar-refractivity contribution is -0.136. The monoisotopic (exact) mass is 354 g/mol. The molecule has 0 aromatic heterocycles. The summed E-state index contributed by atoms with van der Waals surface area (Å²) in [5.41, 5.74) is 2.43. The normalized spacial score (nSPS) is 11.2. The van der Waals surface area contributed by atoms with E-state index in [-0.39, 0.29) is 18.1 Å². The summed E-state index contributed by atoms with van der Waals surface area (Å²) in [6.07, 6.45) is 7.15. The van der Waals surface area contributed by atoms with Crippen molar-refractivity contribution in [1.82, 2.24) is 0 Å². The summed E-state index contributed by atoms with van der Waals surface area (Å²) in [5.74, 6) is 0.281. The van der Waals surface area contributed by atoms with Crippen LogP contribution in [0.15, 0.2) is 48.6 Å². The van der Waals surface area contributed by atoms with Crippen LogP contribution in [0.4, 0.5) is 0 Å². The van der Waals surface area contributed by atoms with Crippen LogP contribution in [-0.4, -0.2) is 29.9 Å². The zero-order chi connectivity index (χ0) is 18.9. The van der Waals surface area contributed by atoms with Gasteiger partial charge in [0.25, 0.3) is 0 Å². The Morgan fingerprint density at radius 1 is 1.08 bits per heavy atom. The fourth-order valence-corrected chi connectivity index (χ4v) is 2.32. The molecular weight excluding hydrogens is 332 g/mol. The average molecular weight is 354 g/mol. The summed E-state index contributed by atoms with van der Waals surface area (Å²) < 4.78 is 10.3. The molecule has 2 aromatic carbocycles. The minimum Gasteiger partial charge on any atom is -0.508 e. The van der Waals surface area contributed by atoms with E-state index in [2.05, 4.69) is 0 Å². The maximum absolute atomic E-state index is 11.7. The number of methoxy groups -OCH3 is 1. The zero-order valence-corrected chi connectivity index (χ0v) is 14.8. The Bertz CT molecular complexity index is 779. The smallest absolute Gasteiger partial charge is 0.331 e. The summed E-state index contributed by atoms with van der Waals surface area (Å²) in [7, 11) is 1.50. The first-order chi connectivity index (χ1) is 12.5. The first kappa shape index (κ1) is 19.1. The second kappa shape index (κ2) is 9.32. The third kappa shape index (κ3) is 5.41. The van der Waals surface area contributed by atoms with Crippen molar-refractivity contribution < 1.29 is 24.5 Å². The Labute approximate surface area is 152 Å². The van der Waals surface area contributed by atoms with Crippen molar-refractivity contribution in [1.29, 1.82) is 0 Å². The molecule has 0 amide bonds. The first-order valence-electron chi connectivity index (χ1n) is 8.23. The van der Waals surface area contributed by atoms with Crippen molar-refractivity contribution in [2.45, 2.75) is 13.3 Å². The number of aromatic hydroxyl groups is 2. The number of rotatable bonds is 7. The van der Waals surface area contributed by atoms with Gasteiger partial charge in [-0.25, -0.2) is 4.79 Å². The second-order valence-electron chi connectivity index (χ2n) is 5.54. The van der Waals surface area contributed by atoms with E-state index in [9.17, 15) is 15.0 Å². The number of hydrogen-bond donors (Lipinski definition) is 2. The minimum absolute atomic E-state index is 0.128. The Morgan fingerprint density at radius 2 is 1.81 bits per heavy atom. The van der Waals surface area contributed by atoms with Crippen LogP contribution in [0.25, 0.3) is 12.2 Å². The third-order valence-corrected chi connectivity index (χ3v) is 3.71. The van der Waals surface area contributed by atoms with E-state index in [4.69, 9.17) is 9.47 Å². The predicted molar refractivity (Wildman–Crippen MR) is 101 cm³/mol. The largest absolute Gasteiger partial charge is 0.508 e. The number of phenolic OH excluding ortho intramolecular Hbond substituents is 2. The number of phenols is 2. The average Bonchev–Trinajstić information content (AvgIpc) is 2.65. The van der Waals surface area contributed by atoms with Crippen LogP contribution in [0.5, 0.6) is 17.2 Å². The maximum Gasteiger partial charge on any atom is 0.331 e. The Hall–Kier alpha value is -3.21. The van der Waals surface area contributed by atoms with Gasteiger partial charge in [-0.3, -0.25) is 0 Å². The molecule has 0 saturated heterocycles. The summed E-state index contributed by atoms with van der Waals surface area (Å²) in [6.45, 7) is 2.08. The molecule has 0 fully saturated rings. The van der Waals surface area contributed by atoms with Gasteiger partial charge in [-0.1, -0.05) is 25.1 Å². The van der Waals surface area contributed by atoms with Crippen LogP contribution in [0, 0.1) is 0 Å². The molecule has 0 spiro atoms. The molecule has 5 heteroatoms. The first-order valence-corrected chi connectivity index (χ1v) is 8.23. The lowest BCUT2D eigenvalue weighted by Gasteiger charge is -2.09. The van der Waals surface area contributed by atoms with Gasteiger partial charge in [0.2, 0.25) is 0 Å². The van der Waals surface area contributed by atoms with Gasteiger partial charge in [0.1, 0.15) is 12.4 Å². The standard InChI is InChI=1S/C21H22O5/c1-3-17-13-16(14-19(25-2)21(17)24)5-4-12-26-20(23)11-8-15-6-9-18(22)10-7-15/h4-11,13-14,22,24H,3,12H2,1-2H3. The number of carbonyl (C=O) groups is 1. The topological polar surface area (TPSA) is 76.0 Å². The maximum atomic E-state index is 11.7. The van der Waals surface area contributed by atoms with Crippen molar-refractivity contribution in [2.75, 3.05) is 13.7 Å². The highest BCUT2D eigenvalue weighted by molar-refractivity contribution is 5.87. The van der Waals surface area contributed by atoms with Gasteiger partial charge in [-0.2, -0.15) is 0 Å². The van der Waals surface area contributed by atoms with Crippen molar-refractivity contribution >= 4 is 18.1 Å². The molecule has 136 valence electrons. The molecule has 0 saturated carbocycles. The van der Waals surface area contributed by atoms with E-state index in [1.54, 1.807) is 48.6 Å². The Balaban J connectivity index is 1.90. The zero-order valence-electron chi connectivity index (χ0n) is 14.8. The number of carbonyl (C=O) groups excluding carboxylic acids is 1. The molecule has 0 bridgehead atoms. The van der Waals surface area contributed by atoms with E-state index in [0.717, 1.165) is 16.7 Å². The molecule has 5 nitrogen and oxygen atoms in total. The van der Waals surface area contributed by atoms with Gasteiger partial charge >= 0.3 is 5.97 Å². The number of esters is 1. The highest BCUT2D eigenvalue weighted by Crippen LogP contribution is 2.32. The Morgan fingerprint density at radius 3 is 2.46 bits per heavy atom. The number of benzene rings is 2. The van der Waals surface area contributed by atoms with Gasteiger partial charge in [0.05, 0.1) is 7.11 Å². The van der Waals surface area contributed by atoms with E-state index >= 15 is 0 Å². The third-order valence-electron chi connectivity index (χ3n) is 3.71. The van der Waals surface area contributed by atoms with Crippen LogP contribution in [-0.2, 0) is 16.0 Å². The van der Waals surface area contributed by atoms with Crippen LogP contribution in [0.3, 0.4) is 0 Å². The fourth-order valence-electron chi connectivity index (χ4n) is 2.32. The lowest BCUT2D eigenvalue weighted by Crippen LogP contribution is -1.99. The summed E-state index contributed by atoms with van der Waals surface area (Å²) in [5, 5.41) is 19.2. The molecule has 0 aliphatic rings. The van der Waals surface area contributed by atoms with Gasteiger partial charge in [-0.05, 0) is 59.5 Å². The second-order valence-corrected chi connectivity index (χ2v) is 5.54. The molecule has 0 radical (unpaired) electrons. The quantitative estimate of drug-likeness (QED) is 0.582. The Kier molecular flexibility index (Phi) is 6.85. The molecule has 2 aromatic rings. The molecule has 0 aliphatic heterocycles. The van der Waals surface area contributed by atoms with Crippen molar-refractivity contribution in [3.8, 4) is 17.2 Å². The van der Waals surface area contributed by atoms with E-state index in [1.807, 2.05) is 13.0 Å². The summed E-state index contributed by atoms with van der Waals surface area (Å²) in [4.78, 5) is 11.7. The van der Waals surface area contributed by atoms with Crippen LogP contribution in [0.2, 0.25) is 0 Å². The molecule has 2 rings (SSSR count). The predicted octanol–water partition coefficient (Wildman–Crippen LogP) is 3.94. The van der Waals surface area contributed by atoms with Gasteiger partial charge in [-0.15, -0.1) is 0 Å². The number of aryl methyl sites for hydroxylation is 1. The molecule has 0 aliphatic carbocycles. The highest BCUT2D eigenvalue weighted by Gasteiger charge is 2.07. The highest BCUT2D eigenvalue weighted by atomic mass is 16.5. The SMILES string of the molecule is CCc1cc(C=CCOC(=O)C=Cc2ccc(O)cc2)cc(OC)c1O. The van der Waals surface area contributed by atoms with Crippen molar-refractivity contribution in [3.05, 3.63) is 65.2 Å². The van der Waals surface area contributed by atoms with E-state index < -0.39 is 5.97 Å². The van der Waals surface area contributed by atoms with Crippen molar-refractivity contribution in [3.63, 3.8) is 0 Å². The van der Waals surface area contributed by atoms with Crippen LogP contribution in [0.1, 0.15) is 23.6 Å². The fraction of sp³-hybridized carbons (Fsp3) is 0.190. The van der Waals surface area contributed by atoms with Crippen LogP contribution >= 0.6 is 0 Å². The molecular formula is C21H22O5. The van der Waals surface area contributed by atoms with E-state index in [1.165, 1.54) is 13.2 Å². The van der Waals surface area contributed by atoms with Gasteiger partial charge in [0, 0.05) is 6.08 Å². The number of hydrogen-bond acceptors (Lipinski definition) is 5. The van der Waals surface area contributed by atoms with E-state index in [0.29, 0.717) is 12.2 Å².